The molecule has 0 aliphatic heterocycles. The van der Waals surface area contributed by atoms with Crippen LogP contribution >= 0.6 is 17.0 Å². The molecule has 1 heteroatoms. The molecule has 2 unspecified atom stereocenters. The van der Waals surface area contributed by atoms with Gasteiger partial charge in [-0.1, -0.05) is 12.2 Å². The van der Waals surface area contributed by atoms with Crippen molar-refractivity contribution >= 4 is 17.0 Å². The third kappa shape index (κ3) is 0.838. The van der Waals surface area contributed by atoms with Gasteiger partial charge in [-0.2, -0.15) is 0 Å². The number of hydrogen-bond donors (Lipinski definition) is 0. The second kappa shape index (κ2) is 2.22. The Labute approximate surface area is 60.7 Å². The van der Waals surface area contributed by atoms with E-state index in [1.807, 2.05) is 0 Å². The van der Waals surface area contributed by atoms with Crippen LogP contribution in [0, 0.1) is 11.8 Å². The zero-order chi connectivity index (χ0) is 4.69. The standard InChI is InChI=1S/C7H10.BrH/c1-2-7-4-3-6(1)5-7;/h1-2,6-7H,3-5H2;1H. The quantitative estimate of drug-likeness (QED) is 0.496. The van der Waals surface area contributed by atoms with Gasteiger partial charge in [0.1, 0.15) is 0 Å². The molecule has 0 radical (unpaired) electrons. The molecule has 8 heavy (non-hydrogen) atoms. The molecule has 2 rings (SSSR count). The summed E-state index contributed by atoms with van der Waals surface area (Å²) in [4.78, 5) is 0. The molecule has 0 amide bonds. The van der Waals surface area contributed by atoms with Gasteiger partial charge >= 0.3 is 0 Å². The van der Waals surface area contributed by atoms with E-state index < -0.39 is 0 Å². The first-order valence-electron chi connectivity index (χ1n) is 3.13. The van der Waals surface area contributed by atoms with Crippen molar-refractivity contribution in [2.24, 2.45) is 11.8 Å². The lowest BCUT2D eigenvalue weighted by Gasteiger charge is -1.96. The molecule has 2 atom stereocenters. The molecular formula is C7H11Br. The van der Waals surface area contributed by atoms with E-state index >= 15 is 0 Å². The molecule has 0 aromatic rings. The fourth-order valence-corrected chi connectivity index (χ4v) is 1.72. The topological polar surface area (TPSA) is 0 Å². The molecule has 0 aromatic heterocycles. The van der Waals surface area contributed by atoms with Gasteiger partial charge in [0.25, 0.3) is 0 Å². The summed E-state index contributed by atoms with van der Waals surface area (Å²) in [5.41, 5.74) is 0. The second-order valence-electron chi connectivity index (χ2n) is 2.72. The molecule has 0 saturated heterocycles. The summed E-state index contributed by atoms with van der Waals surface area (Å²) in [6.07, 6.45) is 9.19. The van der Waals surface area contributed by atoms with Crippen molar-refractivity contribution < 1.29 is 0 Å². The summed E-state index contributed by atoms with van der Waals surface area (Å²) in [5, 5.41) is 0. The Morgan fingerprint density at radius 1 is 1.00 bits per heavy atom. The normalized spacial score (nSPS) is 40.0. The van der Waals surface area contributed by atoms with Crippen molar-refractivity contribution in [2.75, 3.05) is 0 Å². The highest BCUT2D eigenvalue weighted by atomic mass is 79.9. The highest BCUT2D eigenvalue weighted by molar-refractivity contribution is 8.93. The monoisotopic (exact) mass is 174 g/mol. The van der Waals surface area contributed by atoms with Crippen LogP contribution in [0.25, 0.3) is 0 Å². The van der Waals surface area contributed by atoms with Gasteiger partial charge in [-0.15, -0.1) is 17.0 Å². The lowest BCUT2D eigenvalue weighted by atomic mass is 10.1. The van der Waals surface area contributed by atoms with Crippen molar-refractivity contribution in [3.05, 3.63) is 12.2 Å². The SMILES string of the molecule is Br.C1=CC2CCC1C2. The van der Waals surface area contributed by atoms with Crippen molar-refractivity contribution in [3.63, 3.8) is 0 Å². The Bertz CT molecular complexity index is 95.0. The molecule has 0 N–H and O–H groups in total. The molecular weight excluding hydrogens is 164 g/mol. The lowest BCUT2D eigenvalue weighted by Crippen LogP contribution is -1.82. The van der Waals surface area contributed by atoms with Crippen molar-refractivity contribution in [2.45, 2.75) is 19.3 Å². The summed E-state index contributed by atoms with van der Waals surface area (Å²) in [6, 6.07) is 0. The van der Waals surface area contributed by atoms with Gasteiger partial charge in [0.05, 0.1) is 0 Å². The first-order valence-corrected chi connectivity index (χ1v) is 3.13. The van der Waals surface area contributed by atoms with Gasteiger partial charge < -0.3 is 0 Å². The third-order valence-electron chi connectivity index (χ3n) is 2.17. The van der Waals surface area contributed by atoms with E-state index in [0.717, 1.165) is 11.8 Å². The maximum Gasteiger partial charge on any atom is -0.0228 e. The van der Waals surface area contributed by atoms with Crippen LogP contribution in [0.5, 0.6) is 0 Å². The maximum atomic E-state index is 2.38. The molecule has 0 heterocycles. The Morgan fingerprint density at radius 2 is 1.50 bits per heavy atom. The summed E-state index contributed by atoms with van der Waals surface area (Å²) in [5.74, 6) is 1.98. The predicted octanol–water partition coefficient (Wildman–Crippen LogP) is 2.55. The summed E-state index contributed by atoms with van der Waals surface area (Å²) in [6.45, 7) is 0. The summed E-state index contributed by atoms with van der Waals surface area (Å²) in [7, 11) is 0. The average Bonchev–Trinajstić information content (AvgIpc) is 2.22. The Balaban J connectivity index is 0.000000320. The minimum Gasteiger partial charge on any atom is -0.114 e. The van der Waals surface area contributed by atoms with Crippen LogP contribution in [0.1, 0.15) is 19.3 Å². The third-order valence-corrected chi connectivity index (χ3v) is 2.17. The van der Waals surface area contributed by atoms with Gasteiger partial charge in [0.15, 0.2) is 0 Å². The van der Waals surface area contributed by atoms with E-state index in [2.05, 4.69) is 12.2 Å². The number of halogens is 1. The molecule has 1 fully saturated rings. The fraction of sp³-hybridized carbons (Fsp3) is 0.714. The van der Waals surface area contributed by atoms with Crippen molar-refractivity contribution in [1.29, 1.82) is 0 Å². The van der Waals surface area contributed by atoms with E-state index in [9.17, 15) is 0 Å². The van der Waals surface area contributed by atoms with Crippen LogP contribution in [-0.2, 0) is 0 Å². The zero-order valence-corrected chi connectivity index (χ0v) is 6.55. The average molecular weight is 175 g/mol. The van der Waals surface area contributed by atoms with E-state index in [1.165, 1.54) is 19.3 Å². The Kier molecular flexibility index (Phi) is 1.76. The van der Waals surface area contributed by atoms with Gasteiger partial charge in [0.2, 0.25) is 0 Å². The number of allylic oxidation sites excluding steroid dienone is 2. The molecule has 2 aliphatic rings. The largest absolute Gasteiger partial charge is 0.114 e. The minimum absolute atomic E-state index is 0. The van der Waals surface area contributed by atoms with Crippen LogP contribution in [-0.4, -0.2) is 0 Å². The van der Waals surface area contributed by atoms with E-state index in [1.54, 1.807) is 0 Å². The first kappa shape index (κ1) is 6.34. The van der Waals surface area contributed by atoms with Gasteiger partial charge in [-0.05, 0) is 31.1 Å². The van der Waals surface area contributed by atoms with Gasteiger partial charge in [-0.25, -0.2) is 0 Å². The van der Waals surface area contributed by atoms with Crippen molar-refractivity contribution in [3.8, 4) is 0 Å². The van der Waals surface area contributed by atoms with Crippen LogP contribution in [0.2, 0.25) is 0 Å². The molecule has 1 saturated carbocycles. The summed E-state index contributed by atoms with van der Waals surface area (Å²) >= 11 is 0. The van der Waals surface area contributed by atoms with E-state index in [4.69, 9.17) is 0 Å². The highest BCUT2D eigenvalue weighted by Gasteiger charge is 2.25. The zero-order valence-electron chi connectivity index (χ0n) is 4.84. The first-order chi connectivity index (χ1) is 3.45. The van der Waals surface area contributed by atoms with Crippen LogP contribution in [0.4, 0.5) is 0 Å². The Hall–Kier alpha value is 0.220. The van der Waals surface area contributed by atoms with E-state index in [0.29, 0.717) is 0 Å². The smallest absolute Gasteiger partial charge is 0.0228 e. The predicted molar refractivity (Wildman–Crippen MR) is 40.3 cm³/mol. The van der Waals surface area contributed by atoms with Gasteiger partial charge in [0, 0.05) is 0 Å². The molecule has 0 aromatic carbocycles. The number of hydrogen-bond acceptors (Lipinski definition) is 0. The highest BCUT2D eigenvalue weighted by Crippen LogP contribution is 2.38. The van der Waals surface area contributed by atoms with Gasteiger partial charge in [-0.3, -0.25) is 0 Å². The molecule has 2 bridgehead atoms. The van der Waals surface area contributed by atoms with Crippen molar-refractivity contribution in [1.82, 2.24) is 0 Å². The molecule has 0 nitrogen and oxygen atoms in total. The maximum absolute atomic E-state index is 2.38. The minimum atomic E-state index is 0. The molecule has 46 valence electrons. The summed E-state index contributed by atoms with van der Waals surface area (Å²) < 4.78 is 0. The lowest BCUT2D eigenvalue weighted by molar-refractivity contribution is 0.691. The Morgan fingerprint density at radius 3 is 1.62 bits per heavy atom. The van der Waals surface area contributed by atoms with E-state index in [-0.39, 0.29) is 17.0 Å². The van der Waals surface area contributed by atoms with Crippen LogP contribution in [0.15, 0.2) is 12.2 Å². The van der Waals surface area contributed by atoms with Crippen LogP contribution in [0.3, 0.4) is 0 Å². The molecule has 2 aliphatic carbocycles. The number of fused-ring (bicyclic) bond motifs is 2. The fourth-order valence-electron chi connectivity index (χ4n) is 1.72. The second-order valence-corrected chi connectivity index (χ2v) is 2.72. The van der Waals surface area contributed by atoms with Crippen LogP contribution < -0.4 is 0 Å². The number of rotatable bonds is 0. The molecule has 0 spiro atoms.